The largest absolute Gasteiger partial charge is 0.381 e. The number of carbonyl (C=O) groups excluding carboxylic acids is 1. The molecule has 0 bridgehead atoms. The first-order valence-corrected chi connectivity index (χ1v) is 8.94. The zero-order valence-electron chi connectivity index (χ0n) is 13.3. The van der Waals surface area contributed by atoms with Crippen molar-refractivity contribution in [2.45, 2.75) is 18.3 Å². The zero-order valence-corrected chi connectivity index (χ0v) is 14.2. The summed E-state index contributed by atoms with van der Waals surface area (Å²) in [4.78, 5) is 12.1. The van der Waals surface area contributed by atoms with E-state index >= 15 is 0 Å². The third kappa shape index (κ3) is 4.10. The number of ether oxygens (including phenoxy) is 1. The molecule has 1 aliphatic heterocycles. The first-order chi connectivity index (χ1) is 11.7. The molecule has 0 saturated carbocycles. The Morgan fingerprint density at radius 3 is 2.67 bits per heavy atom. The fourth-order valence-corrected chi connectivity index (χ4v) is 3.62. The summed E-state index contributed by atoms with van der Waals surface area (Å²) in [6.45, 7) is 1.82. The molecule has 0 spiro atoms. The number of hydrogen-bond donors (Lipinski definition) is 1. The second-order valence-electron chi connectivity index (χ2n) is 6.01. The van der Waals surface area contributed by atoms with E-state index < -0.39 is 0 Å². The van der Waals surface area contributed by atoms with Crippen molar-refractivity contribution in [3.63, 3.8) is 0 Å². The van der Waals surface area contributed by atoms with Crippen molar-refractivity contribution in [1.82, 2.24) is 5.32 Å². The molecule has 2 aromatic rings. The molecule has 1 N–H and O–H groups in total. The summed E-state index contributed by atoms with van der Waals surface area (Å²) < 4.78 is 18.7. The SMILES string of the molecule is O=C(/C=C/c1ccsc1)NCC1(c2ccc(F)cc2)CCOCC1. The zero-order chi connectivity index (χ0) is 16.8. The van der Waals surface area contributed by atoms with Gasteiger partial charge in [0.05, 0.1) is 0 Å². The molecule has 1 aliphatic rings. The standard InChI is InChI=1S/C19H20FNO2S/c20-17-4-2-16(3-5-17)19(8-10-23-11-9-19)14-21-18(22)6-1-15-7-12-24-13-15/h1-7,12-13H,8-11,14H2,(H,21,22)/b6-1+. The molecular formula is C19H20FNO2S. The van der Waals surface area contributed by atoms with E-state index in [-0.39, 0.29) is 17.1 Å². The molecular weight excluding hydrogens is 325 g/mol. The van der Waals surface area contributed by atoms with Crippen LogP contribution in [0.25, 0.3) is 6.08 Å². The average Bonchev–Trinajstić information content (AvgIpc) is 3.13. The highest BCUT2D eigenvalue weighted by atomic mass is 32.1. The maximum Gasteiger partial charge on any atom is 0.244 e. The Balaban J connectivity index is 1.68. The third-order valence-electron chi connectivity index (χ3n) is 4.48. The van der Waals surface area contributed by atoms with E-state index in [2.05, 4.69) is 5.32 Å². The van der Waals surface area contributed by atoms with Gasteiger partial charge in [-0.1, -0.05) is 12.1 Å². The van der Waals surface area contributed by atoms with Crippen LogP contribution in [0.2, 0.25) is 0 Å². The van der Waals surface area contributed by atoms with Gasteiger partial charge >= 0.3 is 0 Å². The normalized spacial score (nSPS) is 17.0. The van der Waals surface area contributed by atoms with Gasteiger partial charge in [0.25, 0.3) is 0 Å². The van der Waals surface area contributed by atoms with Crippen molar-refractivity contribution < 1.29 is 13.9 Å². The van der Waals surface area contributed by atoms with Gasteiger partial charge in [-0.2, -0.15) is 11.3 Å². The number of halogens is 1. The van der Waals surface area contributed by atoms with E-state index in [1.807, 2.05) is 29.0 Å². The van der Waals surface area contributed by atoms with E-state index in [9.17, 15) is 9.18 Å². The molecule has 1 fully saturated rings. The molecule has 0 aliphatic carbocycles. The molecule has 1 amide bonds. The molecule has 1 saturated heterocycles. The topological polar surface area (TPSA) is 38.3 Å². The number of nitrogens with one attached hydrogen (secondary N) is 1. The van der Waals surface area contributed by atoms with Crippen molar-refractivity contribution in [2.24, 2.45) is 0 Å². The van der Waals surface area contributed by atoms with Crippen LogP contribution in [0.5, 0.6) is 0 Å². The minimum absolute atomic E-state index is 0.117. The number of rotatable bonds is 5. The highest BCUT2D eigenvalue weighted by Gasteiger charge is 2.34. The van der Waals surface area contributed by atoms with Crippen molar-refractivity contribution in [3.05, 3.63) is 64.1 Å². The van der Waals surface area contributed by atoms with Gasteiger partial charge in [0, 0.05) is 31.2 Å². The predicted molar refractivity (Wildman–Crippen MR) is 94.5 cm³/mol. The first kappa shape index (κ1) is 16.9. The lowest BCUT2D eigenvalue weighted by molar-refractivity contribution is -0.116. The van der Waals surface area contributed by atoms with Crippen LogP contribution >= 0.6 is 11.3 Å². The minimum atomic E-state index is -0.247. The van der Waals surface area contributed by atoms with Crippen molar-refractivity contribution in [3.8, 4) is 0 Å². The van der Waals surface area contributed by atoms with Gasteiger partial charge in [-0.05, 0) is 59.0 Å². The fourth-order valence-electron chi connectivity index (χ4n) is 2.99. The van der Waals surface area contributed by atoms with Gasteiger partial charge in [-0.3, -0.25) is 4.79 Å². The number of thiophene rings is 1. The van der Waals surface area contributed by atoms with Gasteiger partial charge in [0.2, 0.25) is 5.91 Å². The smallest absolute Gasteiger partial charge is 0.244 e. The maximum atomic E-state index is 13.2. The summed E-state index contributed by atoms with van der Waals surface area (Å²) in [5.41, 5.74) is 1.88. The van der Waals surface area contributed by atoms with Gasteiger partial charge in [-0.15, -0.1) is 0 Å². The van der Waals surface area contributed by atoms with E-state index in [1.54, 1.807) is 23.5 Å². The quantitative estimate of drug-likeness (QED) is 0.838. The Bertz CT molecular complexity index is 689. The summed E-state index contributed by atoms with van der Waals surface area (Å²) in [6.07, 6.45) is 4.99. The fraction of sp³-hybridized carbons (Fsp3) is 0.316. The lowest BCUT2D eigenvalue weighted by Gasteiger charge is -2.37. The van der Waals surface area contributed by atoms with E-state index in [1.165, 1.54) is 12.1 Å². The molecule has 2 heterocycles. The van der Waals surface area contributed by atoms with Crippen LogP contribution in [-0.4, -0.2) is 25.7 Å². The monoisotopic (exact) mass is 345 g/mol. The van der Waals surface area contributed by atoms with Crippen LogP contribution in [0.15, 0.2) is 47.2 Å². The number of carbonyl (C=O) groups is 1. The Labute approximate surface area is 145 Å². The Hall–Kier alpha value is -1.98. The van der Waals surface area contributed by atoms with Crippen LogP contribution in [0.4, 0.5) is 4.39 Å². The molecule has 126 valence electrons. The average molecular weight is 345 g/mol. The van der Waals surface area contributed by atoms with Crippen molar-refractivity contribution in [1.29, 1.82) is 0 Å². The minimum Gasteiger partial charge on any atom is -0.381 e. The molecule has 5 heteroatoms. The van der Waals surface area contributed by atoms with Gasteiger partial charge in [0.1, 0.15) is 5.82 Å². The lowest BCUT2D eigenvalue weighted by Crippen LogP contribution is -2.44. The molecule has 1 aromatic carbocycles. The molecule has 3 nitrogen and oxygen atoms in total. The molecule has 3 rings (SSSR count). The van der Waals surface area contributed by atoms with Crippen LogP contribution in [-0.2, 0) is 14.9 Å². The Morgan fingerprint density at radius 1 is 1.25 bits per heavy atom. The van der Waals surface area contributed by atoms with Gasteiger partial charge < -0.3 is 10.1 Å². The number of hydrogen-bond acceptors (Lipinski definition) is 3. The second kappa shape index (κ2) is 7.73. The second-order valence-corrected chi connectivity index (χ2v) is 6.79. The molecule has 0 unspecified atom stereocenters. The molecule has 0 atom stereocenters. The summed E-state index contributed by atoms with van der Waals surface area (Å²) in [7, 11) is 0. The van der Waals surface area contributed by atoms with Crippen LogP contribution < -0.4 is 5.32 Å². The third-order valence-corrected chi connectivity index (χ3v) is 5.18. The lowest BCUT2D eigenvalue weighted by atomic mass is 9.74. The van der Waals surface area contributed by atoms with Crippen molar-refractivity contribution in [2.75, 3.05) is 19.8 Å². The molecule has 24 heavy (non-hydrogen) atoms. The Morgan fingerprint density at radius 2 is 2.00 bits per heavy atom. The van der Waals surface area contributed by atoms with Gasteiger partial charge in [-0.25, -0.2) is 4.39 Å². The van der Waals surface area contributed by atoms with Crippen LogP contribution in [0, 0.1) is 5.82 Å². The summed E-state index contributed by atoms with van der Waals surface area (Å²) in [6, 6.07) is 8.55. The predicted octanol–water partition coefficient (Wildman–Crippen LogP) is 3.77. The maximum absolute atomic E-state index is 13.2. The van der Waals surface area contributed by atoms with E-state index in [0.717, 1.165) is 24.0 Å². The highest BCUT2D eigenvalue weighted by Crippen LogP contribution is 2.34. The summed E-state index contributed by atoms with van der Waals surface area (Å²) in [5.74, 6) is -0.363. The highest BCUT2D eigenvalue weighted by molar-refractivity contribution is 7.08. The number of benzene rings is 1. The molecule has 1 aromatic heterocycles. The Kier molecular flexibility index (Phi) is 5.43. The summed E-state index contributed by atoms with van der Waals surface area (Å²) >= 11 is 1.60. The van der Waals surface area contributed by atoms with Gasteiger partial charge in [0.15, 0.2) is 0 Å². The van der Waals surface area contributed by atoms with E-state index in [4.69, 9.17) is 4.74 Å². The number of amides is 1. The van der Waals surface area contributed by atoms with Crippen molar-refractivity contribution >= 4 is 23.3 Å². The first-order valence-electron chi connectivity index (χ1n) is 8.00. The summed E-state index contributed by atoms with van der Waals surface area (Å²) in [5, 5.41) is 6.96. The van der Waals surface area contributed by atoms with E-state index in [0.29, 0.717) is 19.8 Å². The van der Waals surface area contributed by atoms with Crippen LogP contribution in [0.3, 0.4) is 0 Å². The van der Waals surface area contributed by atoms with Crippen LogP contribution in [0.1, 0.15) is 24.0 Å². The molecule has 0 radical (unpaired) electrons.